The SMILES string of the molecule is CC(Sc1ncco1)C(=N)N. The van der Waals surface area contributed by atoms with Gasteiger partial charge in [-0.3, -0.25) is 5.41 Å². The highest BCUT2D eigenvalue weighted by atomic mass is 32.2. The number of aromatic nitrogens is 1. The number of amidine groups is 1. The summed E-state index contributed by atoms with van der Waals surface area (Å²) in [4.78, 5) is 3.88. The summed E-state index contributed by atoms with van der Waals surface area (Å²) in [6.07, 6.45) is 3.06. The van der Waals surface area contributed by atoms with Gasteiger partial charge in [0.2, 0.25) is 0 Å². The van der Waals surface area contributed by atoms with Crippen LogP contribution in [0.25, 0.3) is 0 Å². The lowest BCUT2D eigenvalue weighted by Crippen LogP contribution is -2.21. The monoisotopic (exact) mass is 171 g/mol. The van der Waals surface area contributed by atoms with Crippen LogP contribution >= 0.6 is 11.8 Å². The second-order valence-corrected chi connectivity index (χ2v) is 3.31. The van der Waals surface area contributed by atoms with Gasteiger partial charge in [-0.15, -0.1) is 0 Å². The summed E-state index contributed by atoms with van der Waals surface area (Å²) in [5.41, 5.74) is 5.25. The van der Waals surface area contributed by atoms with Crippen LogP contribution in [0, 0.1) is 5.41 Å². The lowest BCUT2D eigenvalue weighted by atomic mass is 10.4. The summed E-state index contributed by atoms with van der Waals surface area (Å²) in [6, 6.07) is 0. The molecule has 0 bridgehead atoms. The molecule has 1 aromatic rings. The molecule has 1 rings (SSSR count). The van der Waals surface area contributed by atoms with Gasteiger partial charge >= 0.3 is 0 Å². The Bertz CT molecular complexity index is 234. The molecule has 4 nitrogen and oxygen atoms in total. The van der Waals surface area contributed by atoms with Crippen molar-refractivity contribution in [1.82, 2.24) is 4.98 Å². The summed E-state index contributed by atoms with van der Waals surface area (Å²) in [5, 5.41) is 7.56. The Balaban J connectivity index is 2.50. The minimum Gasteiger partial charge on any atom is -0.440 e. The predicted molar refractivity (Wildman–Crippen MR) is 43.7 cm³/mol. The Morgan fingerprint density at radius 2 is 2.64 bits per heavy atom. The molecule has 1 aromatic heterocycles. The summed E-state index contributed by atoms with van der Waals surface area (Å²) in [7, 11) is 0. The van der Waals surface area contributed by atoms with Crippen LogP contribution < -0.4 is 5.73 Å². The van der Waals surface area contributed by atoms with Crippen molar-refractivity contribution in [1.29, 1.82) is 5.41 Å². The van der Waals surface area contributed by atoms with Crippen LogP contribution in [-0.4, -0.2) is 16.1 Å². The maximum absolute atomic E-state index is 7.09. The molecule has 0 amide bonds. The van der Waals surface area contributed by atoms with Crippen molar-refractivity contribution in [3.05, 3.63) is 12.5 Å². The van der Waals surface area contributed by atoms with E-state index in [1.165, 1.54) is 18.0 Å². The van der Waals surface area contributed by atoms with Crippen LogP contribution in [0.3, 0.4) is 0 Å². The average Bonchev–Trinajstić information content (AvgIpc) is 2.39. The normalized spacial score (nSPS) is 12.8. The summed E-state index contributed by atoms with van der Waals surface area (Å²) in [6.45, 7) is 1.83. The highest BCUT2D eigenvalue weighted by Crippen LogP contribution is 2.20. The molecule has 60 valence electrons. The number of rotatable bonds is 3. The molecule has 0 aliphatic carbocycles. The van der Waals surface area contributed by atoms with E-state index in [2.05, 4.69) is 4.98 Å². The maximum Gasteiger partial charge on any atom is 0.256 e. The van der Waals surface area contributed by atoms with Crippen LogP contribution in [0.4, 0.5) is 0 Å². The van der Waals surface area contributed by atoms with Crippen LogP contribution in [-0.2, 0) is 0 Å². The molecule has 0 aromatic carbocycles. The molecule has 1 heterocycles. The lowest BCUT2D eigenvalue weighted by molar-refractivity contribution is 0.454. The zero-order chi connectivity index (χ0) is 8.27. The summed E-state index contributed by atoms with van der Waals surface area (Å²) >= 11 is 1.33. The maximum atomic E-state index is 7.09. The van der Waals surface area contributed by atoms with Crippen LogP contribution in [0.2, 0.25) is 0 Å². The van der Waals surface area contributed by atoms with Gasteiger partial charge in [0, 0.05) is 0 Å². The Morgan fingerprint density at radius 1 is 1.91 bits per heavy atom. The van der Waals surface area contributed by atoms with Crippen molar-refractivity contribution in [3.63, 3.8) is 0 Å². The second-order valence-electron chi connectivity index (χ2n) is 2.01. The predicted octanol–water partition coefficient (Wildman–Crippen LogP) is 1.09. The first-order valence-electron chi connectivity index (χ1n) is 3.10. The number of nitrogens with zero attached hydrogens (tertiary/aromatic N) is 1. The molecule has 1 atom stereocenters. The standard InChI is InChI=1S/C6H9N3OS/c1-4(5(7)8)11-6-9-2-3-10-6/h2-4H,1H3,(H3,7,8). The summed E-state index contributed by atoms with van der Waals surface area (Å²) < 4.78 is 4.95. The third-order valence-electron chi connectivity index (χ3n) is 1.13. The largest absolute Gasteiger partial charge is 0.440 e. The van der Waals surface area contributed by atoms with E-state index in [9.17, 15) is 0 Å². The van der Waals surface area contributed by atoms with E-state index in [0.29, 0.717) is 5.22 Å². The number of hydrogen-bond donors (Lipinski definition) is 2. The minimum absolute atomic E-state index is 0.0753. The topological polar surface area (TPSA) is 75.9 Å². The Labute approximate surface area is 68.7 Å². The van der Waals surface area contributed by atoms with E-state index in [0.717, 1.165) is 0 Å². The average molecular weight is 171 g/mol. The highest BCUT2D eigenvalue weighted by molar-refractivity contribution is 8.00. The molecule has 11 heavy (non-hydrogen) atoms. The molecule has 0 saturated heterocycles. The fourth-order valence-electron chi connectivity index (χ4n) is 0.483. The first-order valence-corrected chi connectivity index (χ1v) is 3.98. The third-order valence-corrected chi connectivity index (χ3v) is 2.14. The first kappa shape index (κ1) is 8.13. The number of hydrogen-bond acceptors (Lipinski definition) is 4. The Morgan fingerprint density at radius 3 is 3.09 bits per heavy atom. The molecule has 5 heteroatoms. The van der Waals surface area contributed by atoms with Gasteiger partial charge in [-0.05, 0) is 6.92 Å². The molecule has 3 N–H and O–H groups in total. The second kappa shape index (κ2) is 3.43. The van der Waals surface area contributed by atoms with E-state index >= 15 is 0 Å². The van der Waals surface area contributed by atoms with Gasteiger partial charge in [-0.1, -0.05) is 11.8 Å². The molecule has 1 unspecified atom stereocenters. The fraction of sp³-hybridized carbons (Fsp3) is 0.333. The highest BCUT2D eigenvalue weighted by Gasteiger charge is 2.09. The van der Waals surface area contributed by atoms with Gasteiger partial charge in [0.1, 0.15) is 12.1 Å². The molecule has 0 radical (unpaired) electrons. The fourth-order valence-corrected chi connectivity index (χ4v) is 1.15. The lowest BCUT2D eigenvalue weighted by Gasteiger charge is -2.03. The van der Waals surface area contributed by atoms with Crippen molar-refractivity contribution in [2.75, 3.05) is 0 Å². The van der Waals surface area contributed by atoms with Gasteiger partial charge in [-0.2, -0.15) is 0 Å². The van der Waals surface area contributed by atoms with E-state index < -0.39 is 0 Å². The zero-order valence-corrected chi connectivity index (χ0v) is 6.89. The van der Waals surface area contributed by atoms with E-state index in [4.69, 9.17) is 15.6 Å². The van der Waals surface area contributed by atoms with Gasteiger partial charge in [0.15, 0.2) is 0 Å². The van der Waals surface area contributed by atoms with Crippen molar-refractivity contribution in [3.8, 4) is 0 Å². The molecule has 0 aliphatic heterocycles. The van der Waals surface area contributed by atoms with Crippen molar-refractivity contribution in [2.45, 2.75) is 17.4 Å². The molecule has 0 fully saturated rings. The number of oxazole rings is 1. The van der Waals surface area contributed by atoms with Crippen molar-refractivity contribution in [2.24, 2.45) is 5.73 Å². The number of nitrogens with two attached hydrogens (primary N) is 1. The third kappa shape index (κ3) is 2.27. The summed E-state index contributed by atoms with van der Waals surface area (Å²) in [5.74, 6) is 0.133. The molecular formula is C6H9N3OS. The molecule has 0 spiro atoms. The van der Waals surface area contributed by atoms with Crippen molar-refractivity contribution >= 4 is 17.6 Å². The van der Waals surface area contributed by atoms with Gasteiger partial charge in [-0.25, -0.2) is 4.98 Å². The van der Waals surface area contributed by atoms with Gasteiger partial charge < -0.3 is 10.2 Å². The van der Waals surface area contributed by atoms with Gasteiger partial charge in [0.05, 0.1) is 11.4 Å². The van der Waals surface area contributed by atoms with Gasteiger partial charge in [0.25, 0.3) is 5.22 Å². The molecule has 0 saturated carbocycles. The Kier molecular flexibility index (Phi) is 2.53. The number of thioether (sulfide) groups is 1. The smallest absolute Gasteiger partial charge is 0.256 e. The first-order chi connectivity index (χ1) is 5.20. The molecule has 0 aliphatic rings. The van der Waals surface area contributed by atoms with Crippen LogP contribution in [0.15, 0.2) is 22.1 Å². The van der Waals surface area contributed by atoms with Crippen LogP contribution in [0.1, 0.15) is 6.92 Å². The minimum atomic E-state index is -0.0753. The van der Waals surface area contributed by atoms with Crippen molar-refractivity contribution < 1.29 is 4.42 Å². The molecular weight excluding hydrogens is 162 g/mol. The van der Waals surface area contributed by atoms with Crippen LogP contribution in [0.5, 0.6) is 0 Å². The number of nitrogens with one attached hydrogen (secondary N) is 1. The van der Waals surface area contributed by atoms with E-state index in [1.807, 2.05) is 6.92 Å². The quantitative estimate of drug-likeness (QED) is 0.405. The van der Waals surface area contributed by atoms with E-state index in [1.54, 1.807) is 6.20 Å². The Hall–Kier alpha value is -0.970. The van der Waals surface area contributed by atoms with E-state index in [-0.39, 0.29) is 11.1 Å². The zero-order valence-electron chi connectivity index (χ0n) is 6.07.